The standard InChI is InChI=1S/C12H24O6.2C8H8OSe.Sr/c1-2-14-5-6-16-9-10-18-12-11-17-8-7-15-4-3-13-1;2*1-6-2-4-7(5-3-6)8(9)10;/h1-12H2;2*2-5H,1H3,(H,9,10);/q;;;+2/p-2. The average Bonchev–Trinajstić information content (AvgIpc) is 2.90. The molecule has 0 unspecified atom stereocenters. The fourth-order valence-corrected chi connectivity index (χ4v) is 3.27. The van der Waals surface area contributed by atoms with Crippen LogP contribution in [0, 0.1) is 13.8 Å². The van der Waals surface area contributed by atoms with Gasteiger partial charge in [0.25, 0.3) is 0 Å². The molecule has 0 spiro atoms. The summed E-state index contributed by atoms with van der Waals surface area (Å²) in [6, 6.07) is 14.9. The maximum absolute atomic E-state index is 10.7. The SMILES string of the molecule is C1COCCOCCOCCOCCOCCO1.Cc1ccc(C(=O)[Se-])cc1.Cc1ccc(C(=O)[Se-])cc1.[Sr+2]. The van der Waals surface area contributed by atoms with Crippen LogP contribution in [0.15, 0.2) is 48.5 Å². The Labute approximate surface area is 286 Å². The third-order valence-corrected chi connectivity index (χ3v) is 5.80. The number of hydrogen-bond acceptors (Lipinski definition) is 8. The molecule has 1 heterocycles. The minimum absolute atomic E-state index is 0. The summed E-state index contributed by atoms with van der Waals surface area (Å²) in [4.78, 5) is 21.4. The second kappa shape index (κ2) is 26.9. The molecular weight excluding hydrogens is 710 g/mol. The van der Waals surface area contributed by atoms with Gasteiger partial charge in [-0.05, 0) is 0 Å². The quantitative estimate of drug-likeness (QED) is 0.433. The minimum Gasteiger partial charge on any atom is 2.00 e. The van der Waals surface area contributed by atoms with Crippen LogP contribution >= 0.6 is 0 Å². The van der Waals surface area contributed by atoms with E-state index in [1.165, 1.54) is 11.1 Å². The molecule has 0 aromatic heterocycles. The van der Waals surface area contributed by atoms with Gasteiger partial charge >= 0.3 is 181 Å². The first-order valence-electron chi connectivity index (χ1n) is 12.4. The van der Waals surface area contributed by atoms with E-state index in [9.17, 15) is 9.59 Å². The van der Waals surface area contributed by atoms with Crippen molar-refractivity contribution in [3.05, 3.63) is 70.8 Å². The van der Waals surface area contributed by atoms with Crippen LogP contribution in [0.25, 0.3) is 0 Å². The molecule has 0 bridgehead atoms. The molecule has 1 fully saturated rings. The zero-order chi connectivity index (χ0) is 27.8. The summed E-state index contributed by atoms with van der Waals surface area (Å²) in [5.41, 5.74) is 3.80. The van der Waals surface area contributed by atoms with E-state index in [1.54, 1.807) is 0 Å². The van der Waals surface area contributed by atoms with Gasteiger partial charge in [0.2, 0.25) is 0 Å². The van der Waals surface area contributed by atoms with Crippen molar-refractivity contribution in [2.24, 2.45) is 0 Å². The summed E-state index contributed by atoms with van der Waals surface area (Å²) in [6.07, 6.45) is 0. The Morgan fingerprint density at radius 3 is 0.795 bits per heavy atom. The molecule has 11 heteroatoms. The first-order valence-corrected chi connectivity index (χ1v) is 14.1. The molecular formula is C28H38O8Se2Sr. The van der Waals surface area contributed by atoms with Crippen molar-refractivity contribution in [1.82, 2.24) is 0 Å². The Hall–Kier alpha value is 0.0595. The van der Waals surface area contributed by atoms with Crippen molar-refractivity contribution in [3.8, 4) is 0 Å². The van der Waals surface area contributed by atoms with E-state index in [4.69, 9.17) is 28.4 Å². The topological polar surface area (TPSA) is 89.5 Å². The summed E-state index contributed by atoms with van der Waals surface area (Å²) in [6.45, 7) is 11.0. The predicted molar refractivity (Wildman–Crippen MR) is 153 cm³/mol. The van der Waals surface area contributed by atoms with Gasteiger partial charge in [0.1, 0.15) is 0 Å². The second-order valence-electron chi connectivity index (χ2n) is 7.98. The molecule has 0 radical (unpaired) electrons. The maximum Gasteiger partial charge on any atom is 2.00 e. The molecule has 1 aliphatic rings. The normalized spacial score (nSPS) is 15.8. The van der Waals surface area contributed by atoms with Crippen LogP contribution in [-0.4, -0.2) is 166 Å². The Kier molecular flexibility index (Phi) is 27.0. The van der Waals surface area contributed by atoms with Gasteiger partial charge in [0.15, 0.2) is 0 Å². The minimum atomic E-state index is 0. The van der Waals surface area contributed by atoms with Crippen LogP contribution in [0.2, 0.25) is 0 Å². The van der Waals surface area contributed by atoms with Crippen molar-refractivity contribution < 1.29 is 38.0 Å². The monoisotopic (exact) mass is 750 g/mol. The van der Waals surface area contributed by atoms with Crippen molar-refractivity contribution in [1.29, 1.82) is 0 Å². The van der Waals surface area contributed by atoms with Gasteiger partial charge < -0.3 is 28.4 Å². The Balaban J connectivity index is 0.000000588. The van der Waals surface area contributed by atoms with E-state index in [-0.39, 0.29) is 54.8 Å². The summed E-state index contributed by atoms with van der Waals surface area (Å²) < 4.78 is 32.0. The van der Waals surface area contributed by atoms with E-state index in [0.717, 1.165) is 11.1 Å². The number of carbonyl (C=O) groups excluding carboxylic acids is 2. The van der Waals surface area contributed by atoms with Gasteiger partial charge in [0, 0.05) is 0 Å². The first kappa shape index (κ1) is 39.1. The van der Waals surface area contributed by atoms with E-state index in [1.807, 2.05) is 62.4 Å². The molecule has 0 aliphatic carbocycles. The average molecular weight is 748 g/mol. The number of ether oxygens (including phenoxy) is 6. The molecule has 212 valence electrons. The largest absolute Gasteiger partial charge is 2.00 e. The van der Waals surface area contributed by atoms with Crippen LogP contribution in [0.5, 0.6) is 0 Å². The van der Waals surface area contributed by atoms with Gasteiger partial charge in [-0.2, -0.15) is 0 Å². The van der Waals surface area contributed by atoms with E-state index >= 15 is 0 Å². The Morgan fingerprint density at radius 2 is 0.641 bits per heavy atom. The fraction of sp³-hybridized carbons (Fsp3) is 0.500. The summed E-state index contributed by atoms with van der Waals surface area (Å²) >= 11 is 4.87. The molecule has 2 aromatic rings. The number of benzene rings is 2. The third kappa shape index (κ3) is 23.3. The maximum atomic E-state index is 10.7. The zero-order valence-electron chi connectivity index (χ0n) is 22.9. The second-order valence-corrected chi connectivity index (χ2v) is 9.54. The smallest absolute Gasteiger partial charge is 2.00 e. The Morgan fingerprint density at radius 1 is 0.462 bits per heavy atom. The fourth-order valence-electron chi connectivity index (χ4n) is 2.70. The Bertz CT molecular complexity index is 752. The summed E-state index contributed by atoms with van der Waals surface area (Å²) in [5.74, 6) is 0. The zero-order valence-corrected chi connectivity index (χ0v) is 29.8. The molecule has 39 heavy (non-hydrogen) atoms. The van der Waals surface area contributed by atoms with Crippen LogP contribution in [0.4, 0.5) is 0 Å². The van der Waals surface area contributed by atoms with Gasteiger partial charge in [-0.15, -0.1) is 0 Å². The van der Waals surface area contributed by atoms with Crippen LogP contribution in [-0.2, 0) is 28.4 Å². The van der Waals surface area contributed by atoms with Crippen LogP contribution in [0.3, 0.4) is 0 Å². The van der Waals surface area contributed by atoms with E-state index < -0.39 is 0 Å². The van der Waals surface area contributed by atoms with Gasteiger partial charge in [-0.25, -0.2) is 0 Å². The van der Waals surface area contributed by atoms with Crippen molar-refractivity contribution in [2.45, 2.75) is 13.8 Å². The molecule has 1 saturated heterocycles. The van der Waals surface area contributed by atoms with Gasteiger partial charge in [0.05, 0.1) is 79.3 Å². The van der Waals surface area contributed by atoms with Crippen LogP contribution < -0.4 is 0 Å². The van der Waals surface area contributed by atoms with Crippen molar-refractivity contribution >= 4 is 86.9 Å². The number of aryl methyl sites for hydroxylation is 2. The molecule has 8 nitrogen and oxygen atoms in total. The molecule has 0 saturated carbocycles. The van der Waals surface area contributed by atoms with Gasteiger partial charge in [-0.1, -0.05) is 0 Å². The molecule has 2 aromatic carbocycles. The number of carbonyl (C=O) groups is 2. The molecule has 0 atom stereocenters. The van der Waals surface area contributed by atoms with Crippen LogP contribution in [0.1, 0.15) is 31.8 Å². The van der Waals surface area contributed by atoms with E-state index in [0.29, 0.717) is 79.3 Å². The number of rotatable bonds is 2. The third-order valence-electron chi connectivity index (χ3n) is 4.81. The molecule has 0 N–H and O–H groups in total. The molecule has 1 aliphatic heterocycles. The predicted octanol–water partition coefficient (Wildman–Crippen LogP) is 2.33. The van der Waals surface area contributed by atoms with E-state index in [2.05, 4.69) is 32.0 Å². The van der Waals surface area contributed by atoms with Gasteiger partial charge in [-0.3, -0.25) is 0 Å². The summed E-state index contributed by atoms with van der Waals surface area (Å²) in [5, 5.41) is 0. The molecule has 3 rings (SSSR count). The number of hydrogen-bond donors (Lipinski definition) is 0. The van der Waals surface area contributed by atoms with Crippen molar-refractivity contribution in [2.75, 3.05) is 79.3 Å². The summed E-state index contributed by atoms with van der Waals surface area (Å²) in [7, 11) is 0. The first-order chi connectivity index (χ1) is 18.4. The van der Waals surface area contributed by atoms with Crippen molar-refractivity contribution in [3.63, 3.8) is 0 Å². The molecule has 0 amide bonds.